The maximum absolute atomic E-state index is 12.3. The lowest BCUT2D eigenvalue weighted by Crippen LogP contribution is -2.29. The van der Waals surface area contributed by atoms with Gasteiger partial charge in [-0.3, -0.25) is 14.5 Å². The summed E-state index contributed by atoms with van der Waals surface area (Å²) in [6.45, 7) is 0.281. The normalized spacial score (nSPS) is 13.6. The minimum absolute atomic E-state index is 0.225. The number of hydrogen-bond donors (Lipinski definition) is 1. The van der Waals surface area contributed by atoms with Crippen LogP contribution in [0.4, 0.5) is 5.69 Å². The van der Waals surface area contributed by atoms with Crippen molar-refractivity contribution in [3.05, 3.63) is 65.2 Å². The molecule has 2 amide bonds. The fourth-order valence-electron chi connectivity index (χ4n) is 2.46. The van der Waals surface area contributed by atoms with E-state index < -0.39 is 0 Å². The van der Waals surface area contributed by atoms with Crippen LogP contribution in [0.3, 0.4) is 0 Å². The summed E-state index contributed by atoms with van der Waals surface area (Å²) in [5, 5.41) is 3.07. The molecule has 1 aliphatic rings. The highest BCUT2D eigenvalue weighted by molar-refractivity contribution is 6.21. The van der Waals surface area contributed by atoms with E-state index in [1.54, 1.807) is 24.3 Å². The van der Waals surface area contributed by atoms with E-state index in [1.807, 2.05) is 31.3 Å². The molecule has 0 aliphatic carbocycles. The Morgan fingerprint density at radius 2 is 1.45 bits per heavy atom. The fourth-order valence-corrected chi connectivity index (χ4v) is 2.46. The molecule has 1 N–H and O–H groups in total. The third-order valence-corrected chi connectivity index (χ3v) is 3.49. The number of imide groups is 1. The Hall–Kier alpha value is -2.62. The number of para-hydroxylation sites is 1. The second-order valence-electron chi connectivity index (χ2n) is 4.65. The van der Waals surface area contributed by atoms with Crippen molar-refractivity contribution < 1.29 is 9.59 Å². The summed E-state index contributed by atoms with van der Waals surface area (Å²) in [6.07, 6.45) is 0. The van der Waals surface area contributed by atoms with E-state index in [0.717, 1.165) is 11.3 Å². The molecule has 4 heteroatoms. The zero-order valence-electron chi connectivity index (χ0n) is 11.1. The molecule has 1 aliphatic heterocycles. The molecule has 3 rings (SSSR count). The molecule has 20 heavy (non-hydrogen) atoms. The highest BCUT2D eigenvalue weighted by Gasteiger charge is 2.35. The van der Waals surface area contributed by atoms with Gasteiger partial charge in [-0.2, -0.15) is 0 Å². The van der Waals surface area contributed by atoms with Crippen molar-refractivity contribution in [1.29, 1.82) is 0 Å². The summed E-state index contributed by atoms with van der Waals surface area (Å²) < 4.78 is 0. The summed E-state index contributed by atoms with van der Waals surface area (Å²) in [5.74, 6) is -0.451. The van der Waals surface area contributed by atoms with Gasteiger partial charge in [0.1, 0.15) is 0 Å². The first kappa shape index (κ1) is 12.4. The van der Waals surface area contributed by atoms with Crippen LogP contribution >= 0.6 is 0 Å². The Balaban J connectivity index is 1.94. The van der Waals surface area contributed by atoms with Crippen LogP contribution in [-0.4, -0.2) is 23.8 Å². The van der Waals surface area contributed by atoms with Gasteiger partial charge in [0, 0.05) is 12.7 Å². The molecule has 0 radical (unpaired) electrons. The van der Waals surface area contributed by atoms with Gasteiger partial charge in [-0.25, -0.2) is 0 Å². The smallest absolute Gasteiger partial charge is 0.261 e. The van der Waals surface area contributed by atoms with Crippen molar-refractivity contribution in [2.24, 2.45) is 0 Å². The molecular weight excluding hydrogens is 252 g/mol. The van der Waals surface area contributed by atoms with Gasteiger partial charge < -0.3 is 5.32 Å². The van der Waals surface area contributed by atoms with Crippen LogP contribution in [0.25, 0.3) is 0 Å². The Kier molecular flexibility index (Phi) is 2.99. The summed E-state index contributed by atoms with van der Waals surface area (Å²) in [6, 6.07) is 14.6. The summed E-state index contributed by atoms with van der Waals surface area (Å²) in [5.41, 5.74) is 2.81. The minimum atomic E-state index is -0.225. The van der Waals surface area contributed by atoms with E-state index in [-0.39, 0.29) is 18.4 Å². The molecule has 2 aromatic carbocycles. The largest absolute Gasteiger partial charge is 0.388 e. The van der Waals surface area contributed by atoms with Crippen LogP contribution in [-0.2, 0) is 6.54 Å². The van der Waals surface area contributed by atoms with Crippen LogP contribution in [0, 0.1) is 0 Å². The van der Waals surface area contributed by atoms with Crippen LogP contribution in [0.2, 0.25) is 0 Å². The second kappa shape index (κ2) is 4.81. The molecule has 4 nitrogen and oxygen atoms in total. The Bertz CT molecular complexity index is 659. The second-order valence-corrected chi connectivity index (χ2v) is 4.65. The molecule has 0 aromatic heterocycles. The van der Waals surface area contributed by atoms with Crippen LogP contribution in [0.5, 0.6) is 0 Å². The maximum atomic E-state index is 12.3. The average Bonchev–Trinajstić information content (AvgIpc) is 2.73. The van der Waals surface area contributed by atoms with Gasteiger partial charge in [0.25, 0.3) is 11.8 Å². The lowest BCUT2D eigenvalue weighted by Gasteiger charge is -2.16. The van der Waals surface area contributed by atoms with Crippen molar-refractivity contribution in [2.75, 3.05) is 12.4 Å². The topological polar surface area (TPSA) is 49.4 Å². The highest BCUT2D eigenvalue weighted by atomic mass is 16.2. The number of nitrogens with zero attached hydrogens (tertiary/aromatic N) is 1. The number of hydrogen-bond acceptors (Lipinski definition) is 3. The number of carbonyl (C=O) groups excluding carboxylic acids is 2. The van der Waals surface area contributed by atoms with Gasteiger partial charge in [-0.15, -0.1) is 0 Å². The maximum Gasteiger partial charge on any atom is 0.261 e. The van der Waals surface area contributed by atoms with Crippen molar-refractivity contribution in [3.8, 4) is 0 Å². The number of carbonyl (C=O) groups is 2. The molecule has 100 valence electrons. The average molecular weight is 266 g/mol. The number of fused-ring (bicyclic) bond motifs is 1. The third kappa shape index (κ3) is 1.86. The molecule has 0 atom stereocenters. The lowest BCUT2D eigenvalue weighted by atomic mass is 10.1. The first-order valence-electron chi connectivity index (χ1n) is 6.43. The molecular formula is C16H14N2O2. The molecule has 0 saturated heterocycles. The number of benzene rings is 2. The summed E-state index contributed by atoms with van der Waals surface area (Å²) in [4.78, 5) is 25.9. The number of rotatable bonds is 3. The predicted octanol–water partition coefficient (Wildman–Crippen LogP) is 2.52. The highest BCUT2D eigenvalue weighted by Crippen LogP contribution is 2.26. The van der Waals surface area contributed by atoms with Crippen LogP contribution in [0.1, 0.15) is 26.3 Å². The number of anilines is 1. The standard InChI is InChI=1S/C16H14N2O2/c1-17-14-9-5-2-6-11(14)10-18-15(19)12-7-3-4-8-13(12)16(18)20/h2-9,17H,10H2,1H3. The molecule has 0 bridgehead atoms. The van der Waals surface area contributed by atoms with Crippen molar-refractivity contribution in [1.82, 2.24) is 4.90 Å². The Labute approximate surface area is 117 Å². The van der Waals surface area contributed by atoms with E-state index in [2.05, 4.69) is 5.32 Å². The van der Waals surface area contributed by atoms with Crippen molar-refractivity contribution in [2.45, 2.75) is 6.54 Å². The molecule has 2 aromatic rings. The van der Waals surface area contributed by atoms with E-state index in [0.29, 0.717) is 11.1 Å². The molecule has 0 unspecified atom stereocenters. The van der Waals surface area contributed by atoms with Crippen molar-refractivity contribution >= 4 is 17.5 Å². The fraction of sp³-hybridized carbons (Fsp3) is 0.125. The van der Waals surface area contributed by atoms with E-state index in [1.165, 1.54) is 4.90 Å². The predicted molar refractivity (Wildman–Crippen MR) is 76.6 cm³/mol. The molecule has 0 spiro atoms. The lowest BCUT2D eigenvalue weighted by molar-refractivity contribution is 0.0642. The number of nitrogens with one attached hydrogen (secondary N) is 1. The van der Waals surface area contributed by atoms with Gasteiger partial charge in [0.2, 0.25) is 0 Å². The summed E-state index contributed by atoms with van der Waals surface area (Å²) in [7, 11) is 1.82. The molecule has 0 saturated carbocycles. The van der Waals surface area contributed by atoms with E-state index >= 15 is 0 Å². The van der Waals surface area contributed by atoms with Crippen LogP contribution < -0.4 is 5.32 Å². The SMILES string of the molecule is CNc1ccccc1CN1C(=O)c2ccccc2C1=O. The van der Waals surface area contributed by atoms with Gasteiger partial charge in [0.05, 0.1) is 17.7 Å². The van der Waals surface area contributed by atoms with E-state index in [4.69, 9.17) is 0 Å². The zero-order valence-corrected chi connectivity index (χ0v) is 11.1. The number of amides is 2. The zero-order chi connectivity index (χ0) is 14.1. The first-order valence-corrected chi connectivity index (χ1v) is 6.43. The monoisotopic (exact) mass is 266 g/mol. The minimum Gasteiger partial charge on any atom is -0.388 e. The van der Waals surface area contributed by atoms with Gasteiger partial charge >= 0.3 is 0 Å². The quantitative estimate of drug-likeness (QED) is 0.868. The van der Waals surface area contributed by atoms with E-state index in [9.17, 15) is 9.59 Å². The molecule has 0 fully saturated rings. The van der Waals surface area contributed by atoms with Gasteiger partial charge in [-0.05, 0) is 23.8 Å². The van der Waals surface area contributed by atoms with Gasteiger partial charge in [-0.1, -0.05) is 30.3 Å². The Morgan fingerprint density at radius 3 is 2.05 bits per heavy atom. The van der Waals surface area contributed by atoms with Gasteiger partial charge in [0.15, 0.2) is 0 Å². The first-order chi connectivity index (χ1) is 9.72. The van der Waals surface area contributed by atoms with Crippen molar-refractivity contribution in [3.63, 3.8) is 0 Å². The summed E-state index contributed by atoms with van der Waals surface area (Å²) >= 11 is 0. The third-order valence-electron chi connectivity index (χ3n) is 3.49. The molecule has 1 heterocycles. The Morgan fingerprint density at radius 1 is 0.900 bits per heavy atom. The van der Waals surface area contributed by atoms with Crippen LogP contribution in [0.15, 0.2) is 48.5 Å².